The standard InChI is InChI=1S/C15H12F2I2O8S/c16-15(17,28(22,23)24)13(21)25-7-3-5-14(6-4-7)26-11-9(19)2-1-8(18)10(11)12(20)27-14/h1-2,7H,3-6H2,(H,22,23,24). The van der Waals surface area contributed by atoms with E-state index >= 15 is 0 Å². The summed E-state index contributed by atoms with van der Waals surface area (Å²) in [4.78, 5) is 23.9. The Morgan fingerprint density at radius 2 is 1.79 bits per heavy atom. The zero-order chi connectivity index (χ0) is 20.9. The van der Waals surface area contributed by atoms with Gasteiger partial charge in [-0.15, -0.1) is 0 Å². The molecule has 1 aromatic carbocycles. The highest BCUT2D eigenvalue weighted by Crippen LogP contribution is 2.44. The molecule has 1 N–H and O–H groups in total. The molecule has 3 rings (SSSR count). The van der Waals surface area contributed by atoms with Gasteiger partial charge in [0.1, 0.15) is 11.7 Å². The maximum Gasteiger partial charge on any atom is 0.465 e. The summed E-state index contributed by atoms with van der Waals surface area (Å²) in [5.74, 6) is -3.87. The van der Waals surface area contributed by atoms with Crippen molar-refractivity contribution >= 4 is 67.2 Å². The molecule has 0 amide bonds. The van der Waals surface area contributed by atoms with Crippen LogP contribution in [0.15, 0.2) is 12.1 Å². The van der Waals surface area contributed by atoms with Crippen molar-refractivity contribution in [3.05, 3.63) is 24.8 Å². The summed E-state index contributed by atoms with van der Waals surface area (Å²) in [6.07, 6.45) is -0.943. The smallest absolute Gasteiger partial charge is 0.457 e. The molecule has 1 aromatic rings. The van der Waals surface area contributed by atoms with E-state index in [0.29, 0.717) is 18.5 Å². The Bertz CT molecular complexity index is 942. The van der Waals surface area contributed by atoms with Crippen molar-refractivity contribution < 1.29 is 45.6 Å². The van der Waals surface area contributed by atoms with Gasteiger partial charge in [-0.3, -0.25) is 4.55 Å². The highest BCUT2D eigenvalue weighted by Gasteiger charge is 2.55. The average molecular weight is 644 g/mol. The first-order valence-corrected chi connectivity index (χ1v) is 11.4. The van der Waals surface area contributed by atoms with Gasteiger partial charge in [0.15, 0.2) is 5.75 Å². The lowest BCUT2D eigenvalue weighted by Crippen LogP contribution is -2.49. The zero-order valence-corrected chi connectivity index (χ0v) is 18.9. The van der Waals surface area contributed by atoms with Gasteiger partial charge in [0.2, 0.25) is 0 Å². The second-order valence-corrected chi connectivity index (χ2v) is 10.0. The fourth-order valence-corrected chi connectivity index (χ4v) is 4.39. The quantitative estimate of drug-likeness (QED) is 0.304. The summed E-state index contributed by atoms with van der Waals surface area (Å²) in [5, 5.41) is -5.05. The van der Waals surface area contributed by atoms with E-state index in [9.17, 15) is 26.8 Å². The van der Waals surface area contributed by atoms with Gasteiger partial charge in [0, 0.05) is 16.4 Å². The number of benzene rings is 1. The van der Waals surface area contributed by atoms with E-state index in [0.717, 1.165) is 0 Å². The summed E-state index contributed by atoms with van der Waals surface area (Å²) in [7, 11) is -5.93. The van der Waals surface area contributed by atoms with E-state index in [1.54, 1.807) is 12.1 Å². The minimum absolute atomic E-state index is 0.00356. The Morgan fingerprint density at radius 3 is 2.36 bits per heavy atom. The molecule has 28 heavy (non-hydrogen) atoms. The first-order valence-electron chi connectivity index (χ1n) is 7.82. The van der Waals surface area contributed by atoms with Gasteiger partial charge < -0.3 is 14.2 Å². The van der Waals surface area contributed by atoms with Crippen LogP contribution in [0, 0.1) is 7.14 Å². The van der Waals surface area contributed by atoms with Gasteiger partial charge in [-0.2, -0.15) is 17.2 Å². The lowest BCUT2D eigenvalue weighted by Gasteiger charge is -2.42. The Hall–Kier alpha value is -0.810. The third-order valence-corrected chi connectivity index (χ3v) is 6.92. The topological polar surface area (TPSA) is 116 Å². The lowest BCUT2D eigenvalue weighted by molar-refractivity contribution is -0.196. The first kappa shape index (κ1) is 21.9. The van der Waals surface area contributed by atoms with E-state index in [-0.39, 0.29) is 25.7 Å². The van der Waals surface area contributed by atoms with Crippen LogP contribution in [-0.2, 0) is 24.4 Å². The third kappa shape index (κ3) is 3.94. The molecule has 0 saturated heterocycles. The van der Waals surface area contributed by atoms with Gasteiger partial charge in [-0.25, -0.2) is 9.59 Å². The number of carbonyl (C=O) groups is 2. The number of esters is 2. The molecule has 0 radical (unpaired) electrons. The van der Waals surface area contributed by atoms with Crippen molar-refractivity contribution in [1.82, 2.24) is 0 Å². The predicted molar refractivity (Wildman–Crippen MR) is 105 cm³/mol. The second-order valence-electron chi connectivity index (χ2n) is 6.23. The van der Waals surface area contributed by atoms with Crippen LogP contribution in [0.1, 0.15) is 36.0 Å². The van der Waals surface area contributed by atoms with Crippen LogP contribution in [0.25, 0.3) is 0 Å². The maximum absolute atomic E-state index is 13.3. The molecule has 0 bridgehead atoms. The van der Waals surface area contributed by atoms with Crippen LogP contribution >= 0.6 is 45.2 Å². The largest absolute Gasteiger partial charge is 0.465 e. The summed E-state index contributed by atoms with van der Waals surface area (Å²) in [5.41, 5.74) is 0.305. The monoisotopic (exact) mass is 644 g/mol. The zero-order valence-electron chi connectivity index (χ0n) is 13.8. The summed E-state index contributed by atoms with van der Waals surface area (Å²) in [6, 6.07) is 3.52. The van der Waals surface area contributed by atoms with Crippen LogP contribution in [0.4, 0.5) is 8.78 Å². The predicted octanol–water partition coefficient (Wildman–Crippen LogP) is 3.11. The molecule has 1 heterocycles. The Kier molecular flexibility index (Phi) is 5.83. The van der Waals surface area contributed by atoms with Gasteiger partial charge in [0.25, 0.3) is 5.79 Å². The van der Waals surface area contributed by atoms with Crippen molar-refractivity contribution in [2.45, 2.75) is 42.8 Å². The summed E-state index contributed by atoms with van der Waals surface area (Å²) in [6.45, 7) is 0. The average Bonchev–Trinajstić information content (AvgIpc) is 2.59. The second kappa shape index (κ2) is 7.46. The lowest BCUT2D eigenvalue weighted by atomic mass is 9.90. The van der Waals surface area contributed by atoms with E-state index in [1.807, 2.05) is 45.2 Å². The summed E-state index contributed by atoms with van der Waals surface area (Å²) >= 11 is 4.00. The molecule has 0 aromatic heterocycles. The maximum atomic E-state index is 13.3. The van der Waals surface area contributed by atoms with Crippen LogP contribution < -0.4 is 4.74 Å². The molecule has 8 nitrogen and oxygen atoms in total. The van der Waals surface area contributed by atoms with Gasteiger partial charge in [0.05, 0.1) is 3.57 Å². The fraction of sp³-hybridized carbons (Fsp3) is 0.467. The number of halogens is 4. The molecule has 1 aliphatic carbocycles. The van der Waals surface area contributed by atoms with Crippen LogP contribution in [0.3, 0.4) is 0 Å². The molecule has 0 atom stereocenters. The van der Waals surface area contributed by atoms with Crippen molar-refractivity contribution in [1.29, 1.82) is 0 Å². The molecule has 154 valence electrons. The van der Waals surface area contributed by atoms with Crippen molar-refractivity contribution in [2.75, 3.05) is 0 Å². The molecule has 1 fully saturated rings. The van der Waals surface area contributed by atoms with Gasteiger partial charge in [-0.1, -0.05) is 0 Å². The molecular weight excluding hydrogens is 632 g/mol. The van der Waals surface area contributed by atoms with E-state index < -0.39 is 39.2 Å². The summed E-state index contributed by atoms with van der Waals surface area (Å²) < 4.78 is 73.6. The number of carbonyl (C=O) groups excluding carboxylic acids is 2. The highest BCUT2D eigenvalue weighted by molar-refractivity contribution is 14.1. The Labute approximate surface area is 185 Å². The van der Waals surface area contributed by atoms with Crippen molar-refractivity contribution in [3.8, 4) is 5.75 Å². The minimum atomic E-state index is -5.93. The Balaban J connectivity index is 1.71. The van der Waals surface area contributed by atoms with Crippen molar-refractivity contribution in [2.24, 2.45) is 0 Å². The van der Waals surface area contributed by atoms with Crippen LogP contribution in [0.5, 0.6) is 5.75 Å². The number of hydrogen-bond acceptors (Lipinski definition) is 7. The third-order valence-electron chi connectivity index (χ3n) is 4.36. The fourth-order valence-electron chi connectivity index (χ4n) is 2.93. The van der Waals surface area contributed by atoms with E-state index in [4.69, 9.17) is 14.0 Å². The SMILES string of the molecule is O=C1OC2(CCC(OC(=O)C(F)(F)S(=O)(=O)O)CC2)Oc2c(I)ccc(I)c21. The number of rotatable bonds is 3. The van der Waals surface area contributed by atoms with Crippen LogP contribution in [0.2, 0.25) is 0 Å². The number of hydrogen-bond donors (Lipinski definition) is 1. The van der Waals surface area contributed by atoms with E-state index in [2.05, 4.69) is 4.74 Å². The molecule has 0 unspecified atom stereocenters. The Morgan fingerprint density at radius 1 is 1.21 bits per heavy atom. The molecule has 1 spiro atoms. The number of fused-ring (bicyclic) bond motifs is 1. The van der Waals surface area contributed by atoms with Gasteiger partial charge in [-0.05, 0) is 70.2 Å². The molecule has 2 aliphatic rings. The molecular formula is C15H12F2I2O8S. The molecule has 13 heteroatoms. The minimum Gasteiger partial charge on any atom is -0.457 e. The highest BCUT2D eigenvalue weighted by atomic mass is 127. The van der Waals surface area contributed by atoms with Crippen molar-refractivity contribution in [3.63, 3.8) is 0 Å². The number of alkyl halides is 2. The number of ether oxygens (including phenoxy) is 3. The van der Waals surface area contributed by atoms with E-state index in [1.165, 1.54) is 0 Å². The van der Waals surface area contributed by atoms with Crippen LogP contribution in [-0.4, -0.2) is 42.1 Å². The first-order chi connectivity index (χ1) is 12.9. The molecule has 1 saturated carbocycles. The molecule has 1 aliphatic heterocycles. The normalized spacial score (nSPS) is 24.9. The van der Waals surface area contributed by atoms with Gasteiger partial charge >= 0.3 is 27.3 Å².